The van der Waals surface area contributed by atoms with Crippen LogP contribution in [0.4, 0.5) is 13.2 Å². The molecule has 0 aromatic heterocycles. The van der Waals surface area contributed by atoms with E-state index in [1.165, 1.54) is 6.92 Å². The lowest BCUT2D eigenvalue weighted by atomic mass is 10.5. The van der Waals surface area contributed by atoms with E-state index < -0.39 is 28.0 Å². The van der Waals surface area contributed by atoms with Gasteiger partial charge in [-0.2, -0.15) is 17.5 Å². The molecule has 16 heavy (non-hydrogen) atoms. The highest BCUT2D eigenvalue weighted by molar-refractivity contribution is 7.89. The van der Waals surface area contributed by atoms with Crippen molar-refractivity contribution in [3.63, 3.8) is 0 Å². The molecule has 4 nitrogen and oxygen atoms in total. The zero-order valence-electron chi connectivity index (χ0n) is 9.29. The van der Waals surface area contributed by atoms with Crippen molar-refractivity contribution in [2.75, 3.05) is 19.6 Å². The molecule has 0 heterocycles. The van der Waals surface area contributed by atoms with Crippen molar-refractivity contribution in [3.05, 3.63) is 0 Å². The lowest BCUT2D eigenvalue weighted by Gasteiger charge is -2.25. The Morgan fingerprint density at radius 2 is 1.88 bits per heavy atom. The molecule has 8 heteroatoms. The molecule has 0 saturated carbocycles. The molecule has 0 aromatic rings. The Morgan fingerprint density at radius 1 is 1.38 bits per heavy atom. The summed E-state index contributed by atoms with van der Waals surface area (Å²) in [5, 5.41) is -0.999. The maximum atomic E-state index is 12.2. The second-order valence-electron chi connectivity index (χ2n) is 3.54. The molecule has 0 aromatic carbocycles. The molecule has 0 saturated heterocycles. The summed E-state index contributed by atoms with van der Waals surface area (Å²) < 4.78 is 60.4. The second kappa shape index (κ2) is 5.83. The van der Waals surface area contributed by atoms with E-state index in [0.29, 0.717) is 10.7 Å². The fourth-order valence-corrected chi connectivity index (χ4v) is 2.64. The van der Waals surface area contributed by atoms with Crippen molar-refractivity contribution < 1.29 is 21.6 Å². The van der Waals surface area contributed by atoms with Crippen molar-refractivity contribution in [1.29, 1.82) is 0 Å². The highest BCUT2D eigenvalue weighted by atomic mass is 32.2. The number of nitrogens with zero attached hydrogens (tertiary/aromatic N) is 1. The van der Waals surface area contributed by atoms with Crippen LogP contribution in [0.1, 0.15) is 20.3 Å². The molecule has 1 atom stereocenters. The van der Waals surface area contributed by atoms with Gasteiger partial charge in [0.1, 0.15) is 6.54 Å². The van der Waals surface area contributed by atoms with Gasteiger partial charge in [-0.1, -0.05) is 6.92 Å². The van der Waals surface area contributed by atoms with Crippen LogP contribution in [-0.2, 0) is 10.0 Å². The van der Waals surface area contributed by atoms with Gasteiger partial charge >= 0.3 is 6.18 Å². The van der Waals surface area contributed by atoms with Gasteiger partial charge in [-0.3, -0.25) is 0 Å². The Bertz CT molecular complexity index is 303. The minimum atomic E-state index is -4.53. The monoisotopic (exact) mass is 262 g/mol. The molecule has 0 spiro atoms. The van der Waals surface area contributed by atoms with Crippen LogP contribution >= 0.6 is 0 Å². The molecule has 98 valence electrons. The molecule has 0 rings (SSSR count). The SMILES string of the molecule is CCCN(CC(F)(F)F)S(=O)(=O)C(C)CN. The molecule has 0 bridgehead atoms. The molecule has 0 radical (unpaired) electrons. The van der Waals surface area contributed by atoms with Crippen LogP contribution < -0.4 is 5.73 Å². The second-order valence-corrected chi connectivity index (χ2v) is 5.89. The summed E-state index contributed by atoms with van der Waals surface area (Å²) in [6.45, 7) is 1.13. The van der Waals surface area contributed by atoms with Crippen molar-refractivity contribution in [2.45, 2.75) is 31.7 Å². The predicted octanol–water partition coefficient (Wildman–Crippen LogP) is 0.938. The topological polar surface area (TPSA) is 63.4 Å². The normalized spacial score (nSPS) is 15.4. The summed E-state index contributed by atoms with van der Waals surface area (Å²) in [5.74, 6) is 0. The van der Waals surface area contributed by atoms with Gasteiger partial charge in [0, 0.05) is 13.1 Å². The average molecular weight is 262 g/mol. The third-order valence-electron chi connectivity index (χ3n) is 2.03. The van der Waals surface area contributed by atoms with E-state index >= 15 is 0 Å². The molecular formula is C8H17F3N2O2S. The maximum Gasteiger partial charge on any atom is 0.402 e. The average Bonchev–Trinajstić information content (AvgIpc) is 2.13. The number of alkyl halides is 3. The number of rotatable bonds is 6. The minimum Gasteiger partial charge on any atom is -0.329 e. The summed E-state index contributed by atoms with van der Waals surface area (Å²) in [6.07, 6.45) is -4.21. The van der Waals surface area contributed by atoms with E-state index in [-0.39, 0.29) is 13.1 Å². The van der Waals surface area contributed by atoms with Crippen molar-refractivity contribution in [3.8, 4) is 0 Å². The fourth-order valence-electron chi connectivity index (χ4n) is 1.12. The van der Waals surface area contributed by atoms with Gasteiger partial charge in [0.15, 0.2) is 0 Å². The molecular weight excluding hydrogens is 245 g/mol. The highest BCUT2D eigenvalue weighted by Gasteiger charge is 2.37. The van der Waals surface area contributed by atoms with Crippen molar-refractivity contribution in [1.82, 2.24) is 4.31 Å². The van der Waals surface area contributed by atoms with Crippen LogP contribution in [0.3, 0.4) is 0 Å². The molecule has 2 N–H and O–H groups in total. The summed E-state index contributed by atoms with van der Waals surface area (Å²) in [6, 6.07) is 0. The number of hydrogen-bond acceptors (Lipinski definition) is 3. The third kappa shape index (κ3) is 4.67. The van der Waals surface area contributed by atoms with E-state index in [9.17, 15) is 21.6 Å². The Balaban J connectivity index is 4.91. The highest BCUT2D eigenvalue weighted by Crippen LogP contribution is 2.20. The molecule has 1 unspecified atom stereocenters. The lowest BCUT2D eigenvalue weighted by molar-refractivity contribution is -0.136. The molecule has 0 aliphatic carbocycles. The van der Waals surface area contributed by atoms with Crippen LogP contribution in [0, 0.1) is 0 Å². The van der Waals surface area contributed by atoms with Gasteiger partial charge in [-0.25, -0.2) is 8.42 Å². The van der Waals surface area contributed by atoms with Gasteiger partial charge in [-0.05, 0) is 13.3 Å². The van der Waals surface area contributed by atoms with Gasteiger partial charge in [-0.15, -0.1) is 0 Å². The smallest absolute Gasteiger partial charge is 0.329 e. The Labute approximate surface area is 93.7 Å². The summed E-state index contributed by atoms with van der Waals surface area (Å²) >= 11 is 0. The number of hydrogen-bond donors (Lipinski definition) is 1. The molecule has 0 amide bonds. The van der Waals surface area contributed by atoms with E-state index in [2.05, 4.69) is 0 Å². The van der Waals surface area contributed by atoms with E-state index in [0.717, 1.165) is 0 Å². The largest absolute Gasteiger partial charge is 0.402 e. The van der Waals surface area contributed by atoms with Gasteiger partial charge in [0.2, 0.25) is 10.0 Å². The quantitative estimate of drug-likeness (QED) is 0.774. The minimum absolute atomic E-state index is 0.147. The standard InChI is InChI=1S/C8H17F3N2O2S/c1-3-4-13(6-8(9,10)11)16(14,15)7(2)5-12/h7H,3-6,12H2,1-2H3. The first-order valence-corrected chi connectivity index (χ1v) is 6.41. The molecule has 0 fully saturated rings. The predicted molar refractivity (Wildman–Crippen MR) is 55.4 cm³/mol. The van der Waals surface area contributed by atoms with Crippen LogP contribution in [0.25, 0.3) is 0 Å². The summed E-state index contributed by atoms with van der Waals surface area (Å²) in [4.78, 5) is 0. The molecule has 0 aliphatic rings. The number of halogens is 3. The van der Waals surface area contributed by atoms with Crippen LogP contribution in [0.2, 0.25) is 0 Å². The van der Waals surface area contributed by atoms with Crippen LogP contribution in [0.15, 0.2) is 0 Å². The van der Waals surface area contributed by atoms with Crippen molar-refractivity contribution >= 4 is 10.0 Å². The number of sulfonamides is 1. The van der Waals surface area contributed by atoms with Gasteiger partial charge < -0.3 is 5.73 Å². The Morgan fingerprint density at radius 3 is 2.19 bits per heavy atom. The van der Waals surface area contributed by atoms with Crippen LogP contribution in [0.5, 0.6) is 0 Å². The number of nitrogens with two attached hydrogens (primary N) is 1. The van der Waals surface area contributed by atoms with Crippen LogP contribution in [-0.4, -0.2) is 43.8 Å². The molecule has 0 aliphatic heterocycles. The summed E-state index contributed by atoms with van der Waals surface area (Å²) in [5.41, 5.74) is 5.17. The van der Waals surface area contributed by atoms with Gasteiger partial charge in [0.25, 0.3) is 0 Å². The fraction of sp³-hybridized carbons (Fsp3) is 1.00. The first-order chi connectivity index (χ1) is 7.15. The maximum absolute atomic E-state index is 12.2. The van der Waals surface area contributed by atoms with Crippen molar-refractivity contribution in [2.24, 2.45) is 5.73 Å². The summed E-state index contributed by atoms with van der Waals surface area (Å²) in [7, 11) is -3.96. The Kier molecular flexibility index (Phi) is 5.71. The zero-order chi connectivity index (χ0) is 13.0. The first kappa shape index (κ1) is 15.7. The Hall–Kier alpha value is -0.340. The van der Waals surface area contributed by atoms with E-state index in [4.69, 9.17) is 5.73 Å². The first-order valence-electron chi connectivity index (χ1n) is 4.91. The third-order valence-corrected chi connectivity index (χ3v) is 4.27. The lowest BCUT2D eigenvalue weighted by Crippen LogP contribution is -2.45. The van der Waals surface area contributed by atoms with E-state index in [1.807, 2.05) is 0 Å². The van der Waals surface area contributed by atoms with E-state index in [1.54, 1.807) is 6.92 Å². The van der Waals surface area contributed by atoms with Gasteiger partial charge in [0.05, 0.1) is 5.25 Å². The zero-order valence-corrected chi connectivity index (χ0v) is 10.1.